The summed E-state index contributed by atoms with van der Waals surface area (Å²) >= 11 is 1.78. The number of nitrogens with zero attached hydrogens (tertiary/aromatic N) is 2. The summed E-state index contributed by atoms with van der Waals surface area (Å²) in [5.41, 5.74) is 1.35. The van der Waals surface area contributed by atoms with Crippen molar-refractivity contribution in [3.63, 3.8) is 0 Å². The largest absolute Gasteiger partial charge is 0.296 e. The molecule has 0 amide bonds. The van der Waals surface area contributed by atoms with Crippen molar-refractivity contribution >= 4 is 31.4 Å². The molecule has 0 radical (unpaired) electrons. The number of unbranched alkanes of at least 4 members (excludes halogenated alkanes) is 1. The first-order chi connectivity index (χ1) is 11.1. The van der Waals surface area contributed by atoms with Crippen LogP contribution in [0, 0.1) is 0 Å². The molecule has 2 heterocycles. The van der Waals surface area contributed by atoms with Crippen LogP contribution in [0.4, 0.5) is 0 Å². The second-order valence-corrected chi connectivity index (χ2v) is 9.10. The van der Waals surface area contributed by atoms with Gasteiger partial charge < -0.3 is 0 Å². The molecule has 0 bridgehead atoms. The molecule has 1 aliphatic rings. The number of sulfonamides is 1. The third kappa shape index (κ3) is 3.94. The number of benzene rings is 1. The van der Waals surface area contributed by atoms with E-state index >= 15 is 0 Å². The summed E-state index contributed by atoms with van der Waals surface area (Å²) in [6, 6.07) is 8.48. The van der Waals surface area contributed by atoms with Gasteiger partial charge in [-0.25, -0.2) is 8.42 Å². The first kappa shape index (κ1) is 16.9. The lowest BCUT2D eigenvalue weighted by Crippen LogP contribution is -2.48. The van der Waals surface area contributed by atoms with Crippen LogP contribution in [0.1, 0.15) is 25.3 Å². The maximum Gasteiger partial charge on any atom is 0.214 e. The summed E-state index contributed by atoms with van der Waals surface area (Å²) in [4.78, 5) is 2.36. The van der Waals surface area contributed by atoms with Crippen LogP contribution in [-0.4, -0.2) is 49.6 Å². The van der Waals surface area contributed by atoms with Gasteiger partial charge in [0.15, 0.2) is 0 Å². The number of fused-ring (bicyclic) bond motifs is 1. The lowest BCUT2D eigenvalue weighted by atomic mass is 10.1. The van der Waals surface area contributed by atoms with Crippen LogP contribution in [0.25, 0.3) is 10.1 Å². The molecule has 1 fully saturated rings. The highest BCUT2D eigenvalue weighted by Crippen LogP contribution is 2.27. The van der Waals surface area contributed by atoms with E-state index in [4.69, 9.17) is 0 Å². The van der Waals surface area contributed by atoms with E-state index in [1.54, 1.807) is 15.6 Å². The highest BCUT2D eigenvalue weighted by molar-refractivity contribution is 7.89. The first-order valence-electron chi connectivity index (χ1n) is 8.25. The van der Waals surface area contributed by atoms with E-state index in [0.29, 0.717) is 18.8 Å². The van der Waals surface area contributed by atoms with Gasteiger partial charge in [0.25, 0.3) is 0 Å². The van der Waals surface area contributed by atoms with E-state index in [1.165, 1.54) is 15.6 Å². The molecule has 1 aliphatic heterocycles. The van der Waals surface area contributed by atoms with Crippen LogP contribution in [0.3, 0.4) is 0 Å². The van der Waals surface area contributed by atoms with Gasteiger partial charge in [0.1, 0.15) is 0 Å². The molecule has 0 saturated carbocycles. The maximum absolute atomic E-state index is 12.3. The molecular weight excluding hydrogens is 328 g/mol. The fourth-order valence-electron chi connectivity index (χ4n) is 3.02. The summed E-state index contributed by atoms with van der Waals surface area (Å²) in [6.07, 6.45) is 1.67. The Morgan fingerprint density at radius 3 is 2.61 bits per heavy atom. The molecule has 0 spiro atoms. The fraction of sp³-hybridized carbons (Fsp3) is 0.529. The molecule has 1 saturated heterocycles. The predicted octanol–water partition coefficient (Wildman–Crippen LogP) is 3.15. The maximum atomic E-state index is 12.3. The highest BCUT2D eigenvalue weighted by atomic mass is 32.2. The Balaban J connectivity index is 1.59. The van der Waals surface area contributed by atoms with Gasteiger partial charge in [-0.15, -0.1) is 11.3 Å². The molecule has 0 atom stereocenters. The monoisotopic (exact) mass is 352 g/mol. The number of piperazine rings is 1. The second kappa shape index (κ2) is 7.30. The van der Waals surface area contributed by atoms with E-state index < -0.39 is 10.0 Å². The molecule has 6 heteroatoms. The minimum Gasteiger partial charge on any atom is -0.296 e. The summed E-state index contributed by atoms with van der Waals surface area (Å²) in [5.74, 6) is 0.290. The number of thiophene rings is 1. The number of hydrogen-bond donors (Lipinski definition) is 0. The van der Waals surface area contributed by atoms with Crippen LogP contribution in [0.5, 0.6) is 0 Å². The van der Waals surface area contributed by atoms with E-state index in [-0.39, 0.29) is 0 Å². The lowest BCUT2D eigenvalue weighted by Gasteiger charge is -2.33. The normalized spacial score (nSPS) is 17.8. The molecule has 0 unspecified atom stereocenters. The fourth-order valence-corrected chi connectivity index (χ4v) is 5.60. The van der Waals surface area contributed by atoms with E-state index in [0.717, 1.165) is 32.5 Å². The van der Waals surface area contributed by atoms with Crippen LogP contribution < -0.4 is 0 Å². The van der Waals surface area contributed by atoms with Gasteiger partial charge in [0.2, 0.25) is 10.0 Å². The number of hydrogen-bond acceptors (Lipinski definition) is 4. The third-order valence-corrected chi connectivity index (χ3v) is 7.40. The molecule has 23 heavy (non-hydrogen) atoms. The van der Waals surface area contributed by atoms with Crippen molar-refractivity contribution < 1.29 is 8.42 Å². The van der Waals surface area contributed by atoms with Crippen molar-refractivity contribution in [2.75, 3.05) is 31.9 Å². The summed E-state index contributed by atoms with van der Waals surface area (Å²) in [6.45, 7) is 5.80. The topological polar surface area (TPSA) is 40.6 Å². The standard InChI is InChI=1S/C17H24N2O2S2/c1-2-3-12-23(20,21)19-10-8-18(9-11-19)13-15-14-22-17-7-5-4-6-16(15)17/h4-7,14H,2-3,8-13H2,1H3. The molecule has 3 rings (SSSR count). The average molecular weight is 353 g/mol. The second-order valence-electron chi connectivity index (χ2n) is 6.10. The minimum atomic E-state index is -3.06. The van der Waals surface area contributed by atoms with Crippen LogP contribution >= 0.6 is 11.3 Å². The van der Waals surface area contributed by atoms with Crippen LogP contribution in [0.2, 0.25) is 0 Å². The molecule has 2 aromatic rings. The Labute approximate surface area is 142 Å². The van der Waals surface area contributed by atoms with Crippen LogP contribution in [-0.2, 0) is 16.6 Å². The summed E-state index contributed by atoms with van der Waals surface area (Å²) in [5, 5.41) is 3.56. The van der Waals surface area contributed by atoms with E-state index in [1.807, 2.05) is 6.92 Å². The molecule has 4 nitrogen and oxygen atoms in total. The van der Waals surface area contributed by atoms with Crippen molar-refractivity contribution in [3.8, 4) is 0 Å². The molecule has 126 valence electrons. The zero-order valence-electron chi connectivity index (χ0n) is 13.6. The lowest BCUT2D eigenvalue weighted by molar-refractivity contribution is 0.182. The van der Waals surface area contributed by atoms with Gasteiger partial charge in [-0.2, -0.15) is 4.31 Å². The van der Waals surface area contributed by atoms with Gasteiger partial charge >= 0.3 is 0 Å². The zero-order valence-corrected chi connectivity index (χ0v) is 15.2. The van der Waals surface area contributed by atoms with Gasteiger partial charge in [0.05, 0.1) is 5.75 Å². The summed E-state index contributed by atoms with van der Waals surface area (Å²) < 4.78 is 27.5. The Bertz CT molecular complexity index is 747. The van der Waals surface area contributed by atoms with Gasteiger partial charge in [-0.1, -0.05) is 31.5 Å². The molecular formula is C17H24N2O2S2. The number of rotatable bonds is 6. The van der Waals surface area contributed by atoms with Crippen LogP contribution in [0.15, 0.2) is 29.6 Å². The molecule has 1 aromatic heterocycles. The Hall–Kier alpha value is -0.950. The molecule has 0 aliphatic carbocycles. The quantitative estimate of drug-likeness (QED) is 0.802. The smallest absolute Gasteiger partial charge is 0.214 e. The van der Waals surface area contributed by atoms with Crippen molar-refractivity contribution in [2.45, 2.75) is 26.3 Å². The van der Waals surface area contributed by atoms with Crippen molar-refractivity contribution in [1.82, 2.24) is 9.21 Å². The van der Waals surface area contributed by atoms with Gasteiger partial charge in [-0.05, 0) is 28.8 Å². The minimum absolute atomic E-state index is 0.290. The van der Waals surface area contributed by atoms with Gasteiger partial charge in [0, 0.05) is 37.4 Å². The zero-order chi connectivity index (χ0) is 16.3. The SMILES string of the molecule is CCCCS(=O)(=O)N1CCN(Cc2csc3ccccc23)CC1. The molecule has 0 N–H and O–H groups in total. The molecule has 1 aromatic carbocycles. The van der Waals surface area contributed by atoms with Crippen molar-refractivity contribution in [2.24, 2.45) is 0 Å². The third-order valence-electron chi connectivity index (χ3n) is 4.44. The van der Waals surface area contributed by atoms with Gasteiger partial charge in [-0.3, -0.25) is 4.90 Å². The van der Waals surface area contributed by atoms with Crippen molar-refractivity contribution in [3.05, 3.63) is 35.2 Å². The Morgan fingerprint density at radius 2 is 1.87 bits per heavy atom. The highest BCUT2D eigenvalue weighted by Gasteiger charge is 2.26. The Morgan fingerprint density at radius 1 is 1.13 bits per heavy atom. The van der Waals surface area contributed by atoms with Crippen molar-refractivity contribution in [1.29, 1.82) is 0 Å². The first-order valence-corrected chi connectivity index (χ1v) is 10.7. The Kier molecular flexibility index (Phi) is 5.36. The van der Waals surface area contributed by atoms with E-state index in [2.05, 4.69) is 34.5 Å². The average Bonchev–Trinajstić information content (AvgIpc) is 2.97. The predicted molar refractivity (Wildman–Crippen MR) is 97.4 cm³/mol. The summed E-state index contributed by atoms with van der Waals surface area (Å²) in [7, 11) is -3.06. The van der Waals surface area contributed by atoms with E-state index in [9.17, 15) is 8.42 Å².